The third-order valence-corrected chi connectivity index (χ3v) is 7.18. The minimum absolute atomic E-state index is 0.0292. The highest BCUT2D eigenvalue weighted by Crippen LogP contribution is 2.37. The molecule has 2 amide bonds. The van der Waals surface area contributed by atoms with Crippen LogP contribution >= 0.6 is 11.9 Å². The van der Waals surface area contributed by atoms with E-state index >= 15 is 0 Å². The lowest BCUT2D eigenvalue weighted by Gasteiger charge is -2.35. The number of nitrogens with zero attached hydrogens (tertiary/aromatic N) is 2. The first-order chi connectivity index (χ1) is 16.5. The first-order valence-corrected chi connectivity index (χ1v) is 12.3. The van der Waals surface area contributed by atoms with Crippen LogP contribution in [0.2, 0.25) is 0 Å². The predicted molar refractivity (Wildman–Crippen MR) is 134 cm³/mol. The fourth-order valence-corrected chi connectivity index (χ4v) is 4.75. The number of rotatable bonds is 6. The Morgan fingerprint density at radius 3 is 2.15 bits per heavy atom. The Labute approximate surface area is 203 Å². The average molecular weight is 474 g/mol. The highest BCUT2D eigenvalue weighted by Gasteiger charge is 2.50. The SMILES string of the molecule is O=C(c1ccc(-c2cccc(NSc3ccccc3)c2)cc1)N1CCN(C(=O)C2(O)CC2)CC1. The zero-order valence-electron chi connectivity index (χ0n) is 18.8. The molecular formula is C27H27N3O3S. The molecule has 1 heterocycles. The van der Waals surface area contributed by atoms with Crippen LogP contribution in [0.1, 0.15) is 23.2 Å². The van der Waals surface area contributed by atoms with Crippen molar-refractivity contribution in [3.63, 3.8) is 0 Å². The lowest BCUT2D eigenvalue weighted by Crippen LogP contribution is -2.53. The van der Waals surface area contributed by atoms with Crippen molar-refractivity contribution in [2.24, 2.45) is 0 Å². The van der Waals surface area contributed by atoms with Gasteiger partial charge in [0, 0.05) is 42.3 Å². The van der Waals surface area contributed by atoms with Gasteiger partial charge in [-0.15, -0.1) is 0 Å². The number of nitrogens with one attached hydrogen (secondary N) is 1. The Bertz CT molecular complexity index is 1170. The maximum Gasteiger partial charge on any atom is 0.254 e. The second kappa shape index (κ2) is 9.52. The zero-order valence-corrected chi connectivity index (χ0v) is 19.6. The summed E-state index contributed by atoms with van der Waals surface area (Å²) in [6, 6.07) is 26.0. The Morgan fingerprint density at radius 2 is 1.47 bits per heavy atom. The van der Waals surface area contributed by atoms with Crippen LogP contribution in [-0.2, 0) is 4.79 Å². The predicted octanol–water partition coefficient (Wildman–Crippen LogP) is 4.28. The van der Waals surface area contributed by atoms with Crippen molar-refractivity contribution in [2.45, 2.75) is 23.3 Å². The van der Waals surface area contributed by atoms with E-state index in [4.69, 9.17) is 0 Å². The second-order valence-corrected chi connectivity index (χ2v) is 9.67. The number of amides is 2. The van der Waals surface area contributed by atoms with E-state index in [1.165, 1.54) is 0 Å². The van der Waals surface area contributed by atoms with Crippen LogP contribution in [-0.4, -0.2) is 58.5 Å². The van der Waals surface area contributed by atoms with Gasteiger partial charge in [-0.25, -0.2) is 0 Å². The molecule has 2 N–H and O–H groups in total. The summed E-state index contributed by atoms with van der Waals surface area (Å²) in [6.07, 6.45) is 1.09. The summed E-state index contributed by atoms with van der Waals surface area (Å²) >= 11 is 1.57. The average Bonchev–Trinajstić information content (AvgIpc) is 3.66. The van der Waals surface area contributed by atoms with Gasteiger partial charge in [0.25, 0.3) is 11.8 Å². The van der Waals surface area contributed by atoms with E-state index in [0.717, 1.165) is 21.7 Å². The molecule has 2 aliphatic rings. The molecule has 0 radical (unpaired) electrons. The van der Waals surface area contributed by atoms with Gasteiger partial charge in [0.15, 0.2) is 0 Å². The molecule has 0 atom stereocenters. The molecule has 6 nitrogen and oxygen atoms in total. The molecule has 34 heavy (non-hydrogen) atoms. The highest BCUT2D eigenvalue weighted by molar-refractivity contribution is 8.00. The Balaban J connectivity index is 1.19. The standard InChI is InChI=1S/C27H27N3O3S/c31-25(29-15-17-30(18-16-29)26(32)27(33)13-14-27)21-11-9-20(10-12-21)22-5-4-6-23(19-22)28-34-24-7-2-1-3-8-24/h1-12,19,28,33H,13-18H2. The van der Waals surface area contributed by atoms with Crippen LogP contribution in [0.5, 0.6) is 0 Å². The van der Waals surface area contributed by atoms with Crippen LogP contribution in [0.15, 0.2) is 83.8 Å². The van der Waals surface area contributed by atoms with E-state index in [2.05, 4.69) is 29.0 Å². The zero-order chi connectivity index (χ0) is 23.5. The maximum atomic E-state index is 13.0. The number of hydrogen-bond donors (Lipinski definition) is 2. The topological polar surface area (TPSA) is 72.9 Å². The third-order valence-electron chi connectivity index (χ3n) is 6.33. The van der Waals surface area contributed by atoms with Gasteiger partial charge in [-0.3, -0.25) is 9.59 Å². The summed E-state index contributed by atoms with van der Waals surface area (Å²) in [4.78, 5) is 29.9. The van der Waals surface area contributed by atoms with E-state index in [1.807, 2.05) is 54.6 Å². The third kappa shape index (κ3) is 4.95. The molecule has 0 bridgehead atoms. The molecule has 174 valence electrons. The minimum Gasteiger partial charge on any atom is -0.380 e. The fourth-order valence-electron chi connectivity index (χ4n) is 4.10. The normalized spacial score (nSPS) is 16.7. The van der Waals surface area contributed by atoms with Gasteiger partial charge >= 0.3 is 0 Å². The lowest BCUT2D eigenvalue weighted by molar-refractivity contribution is -0.143. The fraction of sp³-hybridized carbons (Fsp3) is 0.259. The van der Waals surface area contributed by atoms with Crippen LogP contribution in [0, 0.1) is 0 Å². The summed E-state index contributed by atoms with van der Waals surface area (Å²) in [5, 5.41) is 10.0. The van der Waals surface area contributed by atoms with Gasteiger partial charge < -0.3 is 19.6 Å². The van der Waals surface area contributed by atoms with Crippen LogP contribution in [0.25, 0.3) is 11.1 Å². The van der Waals surface area contributed by atoms with E-state index in [9.17, 15) is 14.7 Å². The molecule has 3 aromatic rings. The maximum absolute atomic E-state index is 13.0. The smallest absolute Gasteiger partial charge is 0.254 e. The van der Waals surface area contributed by atoms with Gasteiger partial charge in [-0.2, -0.15) is 0 Å². The number of anilines is 1. The van der Waals surface area contributed by atoms with E-state index in [0.29, 0.717) is 44.6 Å². The van der Waals surface area contributed by atoms with Gasteiger partial charge in [0.2, 0.25) is 0 Å². The molecule has 7 heteroatoms. The molecule has 1 aliphatic heterocycles. The van der Waals surface area contributed by atoms with Crippen molar-refractivity contribution in [2.75, 3.05) is 30.9 Å². The van der Waals surface area contributed by atoms with Crippen LogP contribution in [0.4, 0.5) is 5.69 Å². The van der Waals surface area contributed by atoms with Gasteiger partial charge in [-0.1, -0.05) is 42.5 Å². The van der Waals surface area contributed by atoms with Crippen LogP contribution < -0.4 is 4.72 Å². The lowest BCUT2D eigenvalue weighted by atomic mass is 10.0. The summed E-state index contributed by atoms with van der Waals surface area (Å²) in [6.45, 7) is 1.89. The van der Waals surface area contributed by atoms with E-state index in [1.54, 1.807) is 21.7 Å². The molecule has 5 rings (SSSR count). The first kappa shape index (κ1) is 22.5. The van der Waals surface area contributed by atoms with E-state index < -0.39 is 5.60 Å². The van der Waals surface area contributed by atoms with E-state index in [-0.39, 0.29) is 11.8 Å². The van der Waals surface area contributed by atoms with Crippen molar-refractivity contribution < 1.29 is 14.7 Å². The van der Waals surface area contributed by atoms with Gasteiger partial charge in [0.05, 0.1) is 0 Å². The molecule has 2 fully saturated rings. The summed E-state index contributed by atoms with van der Waals surface area (Å²) < 4.78 is 3.38. The number of hydrogen-bond acceptors (Lipinski definition) is 5. The van der Waals surface area contributed by atoms with Crippen molar-refractivity contribution in [3.05, 3.63) is 84.4 Å². The summed E-state index contributed by atoms with van der Waals surface area (Å²) in [5.74, 6) is -0.221. The molecule has 0 spiro atoms. The summed E-state index contributed by atoms with van der Waals surface area (Å²) in [7, 11) is 0. The largest absolute Gasteiger partial charge is 0.380 e. The first-order valence-electron chi connectivity index (χ1n) is 11.5. The number of piperazine rings is 1. The molecule has 3 aromatic carbocycles. The van der Waals surface area contributed by atoms with Crippen molar-refractivity contribution in [1.29, 1.82) is 0 Å². The quantitative estimate of drug-likeness (QED) is 0.523. The minimum atomic E-state index is -1.14. The Kier molecular flexibility index (Phi) is 6.30. The number of aliphatic hydroxyl groups is 1. The van der Waals surface area contributed by atoms with Crippen molar-refractivity contribution in [1.82, 2.24) is 9.80 Å². The molecule has 1 saturated carbocycles. The molecule has 1 saturated heterocycles. The Morgan fingerprint density at radius 1 is 0.794 bits per heavy atom. The van der Waals surface area contributed by atoms with Crippen molar-refractivity contribution in [3.8, 4) is 11.1 Å². The second-order valence-electron chi connectivity index (χ2n) is 8.79. The molecule has 0 unspecified atom stereocenters. The highest BCUT2D eigenvalue weighted by atomic mass is 32.2. The van der Waals surface area contributed by atoms with Crippen LogP contribution in [0.3, 0.4) is 0 Å². The molecule has 1 aliphatic carbocycles. The Hall–Kier alpha value is -3.29. The van der Waals surface area contributed by atoms with Gasteiger partial charge in [0.1, 0.15) is 5.60 Å². The summed E-state index contributed by atoms with van der Waals surface area (Å²) in [5.41, 5.74) is 2.61. The number of carbonyl (C=O) groups is 2. The number of carbonyl (C=O) groups excluding carboxylic acids is 2. The molecule has 0 aromatic heterocycles. The number of benzene rings is 3. The van der Waals surface area contributed by atoms with Crippen molar-refractivity contribution >= 4 is 29.4 Å². The monoisotopic (exact) mass is 473 g/mol. The molecular weight excluding hydrogens is 446 g/mol. The van der Waals surface area contributed by atoms with Gasteiger partial charge in [-0.05, 0) is 72.3 Å².